The summed E-state index contributed by atoms with van der Waals surface area (Å²) in [6.45, 7) is 4.51. The van der Waals surface area contributed by atoms with E-state index in [-0.39, 0.29) is 16.8 Å². The van der Waals surface area contributed by atoms with Crippen LogP contribution >= 0.6 is 0 Å². The van der Waals surface area contributed by atoms with Crippen molar-refractivity contribution in [2.24, 2.45) is 0 Å². The number of aryl methyl sites for hydroxylation is 1. The van der Waals surface area contributed by atoms with Crippen LogP contribution in [-0.2, 0) is 5.67 Å². The number of nitrogens with zero attached hydrogens (tertiary/aromatic N) is 2. The molecule has 0 unspecified atom stereocenters. The molecule has 0 aliphatic rings. The lowest BCUT2D eigenvalue weighted by atomic mass is 10.0. The molecule has 1 amide bonds. The number of hydrogen-bond donors (Lipinski definition) is 1. The van der Waals surface area contributed by atoms with Gasteiger partial charge in [0.15, 0.2) is 0 Å². The lowest BCUT2D eigenvalue weighted by Gasteiger charge is -2.14. The Kier molecular flexibility index (Phi) is 4.26. The number of alkyl halides is 1. The van der Waals surface area contributed by atoms with E-state index >= 15 is 0 Å². The molecule has 3 aromatic rings. The van der Waals surface area contributed by atoms with E-state index in [1.54, 1.807) is 29.7 Å². The molecule has 0 saturated carbocycles. The first-order chi connectivity index (χ1) is 12.1. The maximum atomic E-state index is 14.5. The lowest BCUT2D eigenvalue weighted by molar-refractivity contribution is 0.0962. The number of pyridine rings is 1. The van der Waals surface area contributed by atoms with E-state index in [2.05, 4.69) is 10.3 Å². The normalized spacial score (nSPS) is 11.8. The maximum absolute atomic E-state index is 14.5. The van der Waals surface area contributed by atoms with Gasteiger partial charge in [-0.2, -0.15) is 0 Å². The fourth-order valence-electron chi connectivity index (χ4n) is 2.85. The second-order valence-electron chi connectivity index (χ2n) is 6.56. The number of fused-ring (bicyclic) bond motifs is 1. The van der Waals surface area contributed by atoms with Crippen molar-refractivity contribution in [1.29, 1.82) is 0 Å². The molecule has 0 aliphatic carbocycles. The van der Waals surface area contributed by atoms with Crippen LogP contribution in [0.5, 0.6) is 0 Å². The second kappa shape index (κ2) is 6.16. The van der Waals surface area contributed by atoms with Gasteiger partial charge in [-0.1, -0.05) is 0 Å². The molecular formula is C19H18F3N3O. The molecule has 1 N–H and O–H groups in total. The molecule has 0 fully saturated rings. The predicted octanol–water partition coefficient (Wildman–Crippen LogP) is 4.15. The molecule has 136 valence electrons. The molecule has 7 heteroatoms. The third kappa shape index (κ3) is 2.94. The number of hydrogen-bond acceptors (Lipinski definition) is 2. The SMILES string of the molecule is CNC(=O)c1cc(F)c(-c2nc3cc(C(C)(C)F)ccn3c2C)c(F)c1. The fraction of sp³-hybridized carbons (Fsp3) is 0.263. The molecule has 0 spiro atoms. The average Bonchev–Trinajstić information content (AvgIpc) is 2.89. The summed E-state index contributed by atoms with van der Waals surface area (Å²) in [5.74, 6) is -2.36. The number of benzene rings is 1. The topological polar surface area (TPSA) is 46.4 Å². The number of amides is 1. The highest BCUT2D eigenvalue weighted by Gasteiger charge is 2.23. The van der Waals surface area contributed by atoms with Crippen LogP contribution < -0.4 is 5.32 Å². The Bertz CT molecular complexity index is 996. The summed E-state index contributed by atoms with van der Waals surface area (Å²) in [5.41, 5.74) is -0.583. The van der Waals surface area contributed by atoms with Gasteiger partial charge in [-0.05, 0) is 50.6 Å². The highest BCUT2D eigenvalue weighted by Crippen LogP contribution is 2.32. The van der Waals surface area contributed by atoms with Gasteiger partial charge in [-0.3, -0.25) is 4.79 Å². The summed E-state index contributed by atoms with van der Waals surface area (Å²) >= 11 is 0. The van der Waals surface area contributed by atoms with Crippen LogP contribution in [0.25, 0.3) is 16.9 Å². The Balaban J connectivity index is 2.20. The first kappa shape index (κ1) is 18.0. The second-order valence-corrected chi connectivity index (χ2v) is 6.56. The summed E-state index contributed by atoms with van der Waals surface area (Å²) in [7, 11) is 1.38. The first-order valence-electron chi connectivity index (χ1n) is 8.03. The number of imidazole rings is 1. The minimum absolute atomic E-state index is 0.109. The molecule has 0 atom stereocenters. The predicted molar refractivity (Wildman–Crippen MR) is 92.8 cm³/mol. The van der Waals surface area contributed by atoms with Crippen LogP contribution in [0, 0.1) is 18.6 Å². The molecule has 3 rings (SSSR count). The van der Waals surface area contributed by atoms with Crippen molar-refractivity contribution in [3.8, 4) is 11.3 Å². The van der Waals surface area contributed by atoms with Gasteiger partial charge in [-0.15, -0.1) is 0 Å². The Morgan fingerprint density at radius 2 is 1.81 bits per heavy atom. The Labute approximate surface area is 148 Å². The van der Waals surface area contributed by atoms with Crippen LogP contribution in [0.3, 0.4) is 0 Å². The van der Waals surface area contributed by atoms with Crippen LogP contribution in [-0.4, -0.2) is 22.3 Å². The van der Waals surface area contributed by atoms with Gasteiger partial charge in [0.25, 0.3) is 5.91 Å². The van der Waals surface area contributed by atoms with Crippen LogP contribution in [0.15, 0.2) is 30.5 Å². The number of aromatic nitrogens is 2. The highest BCUT2D eigenvalue weighted by molar-refractivity contribution is 5.94. The summed E-state index contributed by atoms with van der Waals surface area (Å²) in [6, 6.07) is 5.09. The van der Waals surface area contributed by atoms with E-state index in [0.29, 0.717) is 16.9 Å². The Morgan fingerprint density at radius 1 is 1.19 bits per heavy atom. The third-order valence-electron chi connectivity index (χ3n) is 4.32. The zero-order valence-corrected chi connectivity index (χ0v) is 14.8. The maximum Gasteiger partial charge on any atom is 0.251 e. The van der Waals surface area contributed by atoms with Gasteiger partial charge in [0.1, 0.15) is 23.0 Å². The van der Waals surface area contributed by atoms with Gasteiger partial charge in [0, 0.05) is 24.5 Å². The minimum Gasteiger partial charge on any atom is -0.355 e. The minimum atomic E-state index is -1.56. The van der Waals surface area contributed by atoms with Crippen molar-refractivity contribution in [1.82, 2.24) is 14.7 Å². The van der Waals surface area contributed by atoms with Crippen molar-refractivity contribution < 1.29 is 18.0 Å². The largest absolute Gasteiger partial charge is 0.355 e. The van der Waals surface area contributed by atoms with Crippen molar-refractivity contribution >= 4 is 11.6 Å². The van der Waals surface area contributed by atoms with E-state index in [1.165, 1.54) is 20.9 Å². The van der Waals surface area contributed by atoms with E-state index < -0.39 is 23.2 Å². The van der Waals surface area contributed by atoms with Gasteiger partial charge in [-0.25, -0.2) is 18.2 Å². The van der Waals surface area contributed by atoms with Crippen molar-refractivity contribution in [3.63, 3.8) is 0 Å². The lowest BCUT2D eigenvalue weighted by Crippen LogP contribution is -2.18. The van der Waals surface area contributed by atoms with Crippen molar-refractivity contribution in [2.75, 3.05) is 7.05 Å². The molecule has 2 heterocycles. The van der Waals surface area contributed by atoms with E-state index in [9.17, 15) is 18.0 Å². The van der Waals surface area contributed by atoms with E-state index in [4.69, 9.17) is 0 Å². The van der Waals surface area contributed by atoms with Crippen LogP contribution in [0.1, 0.15) is 35.5 Å². The Morgan fingerprint density at radius 3 is 2.35 bits per heavy atom. The molecular weight excluding hydrogens is 343 g/mol. The molecule has 0 saturated heterocycles. The molecule has 2 aromatic heterocycles. The first-order valence-corrected chi connectivity index (χ1v) is 8.03. The van der Waals surface area contributed by atoms with Gasteiger partial charge < -0.3 is 9.72 Å². The molecule has 0 bridgehead atoms. The van der Waals surface area contributed by atoms with Gasteiger partial charge in [0.2, 0.25) is 0 Å². The van der Waals surface area contributed by atoms with Gasteiger partial charge in [0.05, 0.1) is 11.3 Å². The molecule has 0 aliphatic heterocycles. The molecule has 4 nitrogen and oxygen atoms in total. The zero-order chi connectivity index (χ0) is 19.2. The van der Waals surface area contributed by atoms with Gasteiger partial charge >= 0.3 is 0 Å². The van der Waals surface area contributed by atoms with E-state index in [0.717, 1.165) is 12.1 Å². The number of carbonyl (C=O) groups excluding carboxylic acids is 1. The number of halogens is 3. The number of rotatable bonds is 3. The molecule has 26 heavy (non-hydrogen) atoms. The number of nitrogens with one attached hydrogen (secondary N) is 1. The number of carbonyl (C=O) groups is 1. The highest BCUT2D eigenvalue weighted by atomic mass is 19.1. The smallest absolute Gasteiger partial charge is 0.251 e. The fourth-order valence-corrected chi connectivity index (χ4v) is 2.85. The van der Waals surface area contributed by atoms with Crippen LogP contribution in [0.4, 0.5) is 13.2 Å². The summed E-state index contributed by atoms with van der Waals surface area (Å²) < 4.78 is 44.9. The molecule has 0 radical (unpaired) electrons. The zero-order valence-electron chi connectivity index (χ0n) is 14.8. The average molecular weight is 361 g/mol. The summed E-state index contributed by atoms with van der Waals surface area (Å²) in [5, 5.41) is 2.32. The standard InChI is InChI=1S/C19H18F3N3O/c1-10-17(16-13(20)7-11(8-14(16)21)18(26)23-4)24-15-9-12(19(2,3)22)5-6-25(10)15/h5-9H,1-4H3,(H,23,26). The third-order valence-corrected chi connectivity index (χ3v) is 4.32. The quantitative estimate of drug-likeness (QED) is 0.762. The molecule has 1 aromatic carbocycles. The van der Waals surface area contributed by atoms with Crippen LogP contribution in [0.2, 0.25) is 0 Å². The summed E-state index contributed by atoms with van der Waals surface area (Å²) in [6.07, 6.45) is 1.62. The Hall–Kier alpha value is -2.83. The summed E-state index contributed by atoms with van der Waals surface area (Å²) in [4.78, 5) is 15.9. The monoisotopic (exact) mass is 361 g/mol. The van der Waals surface area contributed by atoms with Crippen molar-refractivity contribution in [3.05, 3.63) is 58.9 Å². The van der Waals surface area contributed by atoms with Crippen molar-refractivity contribution in [2.45, 2.75) is 26.4 Å². The van der Waals surface area contributed by atoms with E-state index in [1.807, 2.05) is 0 Å².